The molecule has 0 spiro atoms. The third kappa shape index (κ3) is 4.26. The number of thioether (sulfide) groups is 1. The first-order valence-corrected chi connectivity index (χ1v) is 7.42. The first-order valence-electron chi connectivity index (χ1n) is 6.20. The fourth-order valence-electron chi connectivity index (χ4n) is 1.66. The van der Waals surface area contributed by atoms with E-state index in [9.17, 15) is 0 Å². The Kier molecular flexibility index (Phi) is 5.23. The van der Waals surface area contributed by atoms with Crippen LogP contribution in [0, 0.1) is 11.5 Å². The van der Waals surface area contributed by atoms with Crippen LogP contribution in [0.15, 0.2) is 41.7 Å². The number of aliphatic imine (C=N–C) groups is 1. The number of para-hydroxylation sites is 2. The minimum absolute atomic E-state index is 0.417. The van der Waals surface area contributed by atoms with Gasteiger partial charge in [0.2, 0.25) is 0 Å². The number of benzene rings is 1. The van der Waals surface area contributed by atoms with E-state index in [1.165, 1.54) is 11.8 Å². The molecule has 6 nitrogen and oxygen atoms in total. The molecular weight excluding hydrogens is 286 g/mol. The Balaban J connectivity index is 2.15. The molecule has 0 amide bonds. The minimum Gasteiger partial charge on any atom is -0.487 e. The second-order valence-corrected chi connectivity index (χ2v) is 4.93. The monoisotopic (exact) mass is 301 g/mol. The van der Waals surface area contributed by atoms with Crippen LogP contribution in [0.25, 0.3) is 0 Å². The van der Waals surface area contributed by atoms with Crippen LogP contribution in [0.3, 0.4) is 0 Å². The summed E-state index contributed by atoms with van der Waals surface area (Å²) in [7, 11) is 1.86. The molecule has 0 saturated heterocycles. The number of rotatable bonds is 4. The van der Waals surface area contributed by atoms with Gasteiger partial charge in [0.25, 0.3) is 0 Å². The van der Waals surface area contributed by atoms with Crippen LogP contribution in [0.1, 0.15) is 5.56 Å². The van der Waals surface area contributed by atoms with Gasteiger partial charge in [-0.05, 0) is 18.4 Å². The maximum Gasteiger partial charge on any atom is 0.183 e. The number of amidine groups is 1. The van der Waals surface area contributed by atoms with Gasteiger partial charge in [0.05, 0.1) is 6.20 Å². The van der Waals surface area contributed by atoms with Gasteiger partial charge < -0.3 is 4.74 Å². The largest absolute Gasteiger partial charge is 0.487 e. The van der Waals surface area contributed by atoms with Gasteiger partial charge in [-0.2, -0.15) is 10.4 Å². The third-order valence-corrected chi connectivity index (χ3v) is 3.18. The van der Waals surface area contributed by atoms with Crippen LogP contribution in [-0.4, -0.2) is 21.2 Å². The number of nitrogens with one attached hydrogen (secondary N) is 1. The number of hydrogen-bond acceptors (Lipinski definition) is 5. The highest BCUT2D eigenvalue weighted by atomic mass is 32.2. The van der Waals surface area contributed by atoms with Gasteiger partial charge in [-0.25, -0.2) is 4.99 Å². The van der Waals surface area contributed by atoms with E-state index in [1.807, 2.05) is 50.0 Å². The number of nitrogens with zero attached hydrogens (tertiary/aromatic N) is 4. The highest BCUT2D eigenvalue weighted by molar-refractivity contribution is 8.13. The Bertz CT molecular complexity index is 674. The Morgan fingerprint density at radius 3 is 3.00 bits per heavy atom. The van der Waals surface area contributed by atoms with Crippen LogP contribution in [0.5, 0.6) is 5.75 Å². The average molecular weight is 301 g/mol. The van der Waals surface area contributed by atoms with Crippen molar-refractivity contribution >= 4 is 22.6 Å². The van der Waals surface area contributed by atoms with Gasteiger partial charge in [-0.1, -0.05) is 23.9 Å². The zero-order valence-electron chi connectivity index (χ0n) is 11.8. The zero-order valence-corrected chi connectivity index (χ0v) is 12.6. The van der Waals surface area contributed by atoms with Crippen molar-refractivity contribution in [3.63, 3.8) is 0 Å². The highest BCUT2D eigenvalue weighted by Crippen LogP contribution is 2.28. The summed E-state index contributed by atoms with van der Waals surface area (Å²) >= 11 is 1.36. The standard InChI is InChI=1S/C14H15N5OS/c1-19-8-11(7-17-19)9-20-13-6-4-3-5-12(13)18-14(21-2)16-10-15/h3-8H,9H2,1-2H3,(H,16,18). The van der Waals surface area contributed by atoms with Crippen molar-refractivity contribution in [2.45, 2.75) is 6.61 Å². The van der Waals surface area contributed by atoms with Crippen LogP contribution in [-0.2, 0) is 13.7 Å². The number of ether oxygens (including phenoxy) is 1. The topological polar surface area (TPSA) is 75.2 Å². The van der Waals surface area contributed by atoms with E-state index in [0.717, 1.165) is 5.56 Å². The molecule has 0 aliphatic carbocycles. The van der Waals surface area contributed by atoms with Crippen molar-refractivity contribution in [1.29, 1.82) is 5.26 Å². The average Bonchev–Trinajstić information content (AvgIpc) is 2.91. The molecule has 0 bridgehead atoms. The van der Waals surface area contributed by atoms with Gasteiger partial charge in [-0.3, -0.25) is 10.00 Å². The lowest BCUT2D eigenvalue weighted by Gasteiger charge is -2.08. The summed E-state index contributed by atoms with van der Waals surface area (Å²) in [6.45, 7) is 0.417. The molecule has 1 heterocycles. The van der Waals surface area contributed by atoms with Crippen LogP contribution in [0.2, 0.25) is 0 Å². The normalized spacial score (nSPS) is 11.0. The number of hydrogen-bond donors (Lipinski definition) is 1. The minimum atomic E-state index is 0.417. The molecule has 0 aliphatic heterocycles. The number of aryl methyl sites for hydroxylation is 1. The van der Waals surface area contributed by atoms with E-state index in [-0.39, 0.29) is 0 Å². The summed E-state index contributed by atoms with van der Waals surface area (Å²) in [6.07, 6.45) is 7.37. The van der Waals surface area contributed by atoms with E-state index >= 15 is 0 Å². The lowest BCUT2D eigenvalue weighted by atomic mass is 10.3. The van der Waals surface area contributed by atoms with Crippen molar-refractivity contribution in [2.75, 3.05) is 6.26 Å². The van der Waals surface area contributed by atoms with Crippen LogP contribution in [0.4, 0.5) is 5.69 Å². The summed E-state index contributed by atoms with van der Waals surface area (Å²) in [4.78, 5) is 4.38. The lowest BCUT2D eigenvalue weighted by molar-refractivity contribution is 0.307. The van der Waals surface area contributed by atoms with Crippen LogP contribution >= 0.6 is 11.8 Å². The predicted molar refractivity (Wildman–Crippen MR) is 83.3 cm³/mol. The molecule has 0 saturated carbocycles. The van der Waals surface area contributed by atoms with Gasteiger partial charge in [0, 0.05) is 18.8 Å². The molecule has 1 aromatic carbocycles. The molecule has 0 radical (unpaired) electrons. The fourth-order valence-corrected chi connectivity index (χ4v) is 2.00. The lowest BCUT2D eigenvalue weighted by Crippen LogP contribution is -2.12. The Hall–Kier alpha value is -2.46. The molecule has 0 aliphatic rings. The molecule has 2 aromatic rings. The van der Waals surface area contributed by atoms with Gasteiger partial charge >= 0.3 is 0 Å². The van der Waals surface area contributed by atoms with Crippen molar-refractivity contribution in [1.82, 2.24) is 15.1 Å². The second kappa shape index (κ2) is 7.36. The molecule has 1 aromatic heterocycles. The smallest absolute Gasteiger partial charge is 0.183 e. The van der Waals surface area contributed by atoms with Gasteiger partial charge in [-0.15, -0.1) is 0 Å². The molecule has 0 unspecified atom stereocenters. The van der Waals surface area contributed by atoms with E-state index in [1.54, 1.807) is 10.9 Å². The number of aromatic nitrogens is 2. The summed E-state index contributed by atoms with van der Waals surface area (Å²) < 4.78 is 7.51. The summed E-state index contributed by atoms with van der Waals surface area (Å²) in [5.41, 5.74) is 1.66. The predicted octanol–water partition coefficient (Wildman–Crippen LogP) is 2.42. The maximum absolute atomic E-state index is 8.67. The van der Waals surface area contributed by atoms with Crippen LogP contribution < -0.4 is 10.1 Å². The summed E-state index contributed by atoms with van der Waals surface area (Å²) in [5.74, 6) is 0.660. The highest BCUT2D eigenvalue weighted by Gasteiger charge is 2.05. The summed E-state index contributed by atoms with van der Waals surface area (Å²) in [5, 5.41) is 15.8. The second-order valence-electron chi connectivity index (χ2n) is 4.14. The Morgan fingerprint density at radius 2 is 2.33 bits per heavy atom. The quantitative estimate of drug-likeness (QED) is 0.406. The molecule has 21 heavy (non-hydrogen) atoms. The molecule has 1 N–H and O–H groups in total. The Morgan fingerprint density at radius 1 is 1.52 bits per heavy atom. The van der Waals surface area contributed by atoms with Crippen molar-refractivity contribution in [3.05, 3.63) is 42.2 Å². The number of nitriles is 1. The van der Waals surface area contributed by atoms with Crippen molar-refractivity contribution in [2.24, 2.45) is 12.0 Å². The molecular formula is C14H15N5OS. The SMILES string of the molecule is CSC(=Nc1ccccc1OCc1cnn(C)c1)NC#N. The van der Waals surface area contributed by atoms with E-state index < -0.39 is 0 Å². The maximum atomic E-state index is 8.67. The molecule has 2 rings (SSSR count). The van der Waals surface area contributed by atoms with E-state index in [4.69, 9.17) is 10.00 Å². The van der Waals surface area contributed by atoms with E-state index in [2.05, 4.69) is 15.4 Å². The molecule has 0 atom stereocenters. The Labute approximate surface area is 127 Å². The molecule has 108 valence electrons. The molecule has 7 heteroatoms. The van der Waals surface area contributed by atoms with Crippen molar-refractivity contribution < 1.29 is 4.74 Å². The van der Waals surface area contributed by atoms with Gasteiger partial charge in [0.1, 0.15) is 18.0 Å². The fraction of sp³-hybridized carbons (Fsp3) is 0.214. The summed E-state index contributed by atoms with van der Waals surface area (Å²) in [6, 6.07) is 7.45. The first-order chi connectivity index (χ1) is 10.2. The third-order valence-electron chi connectivity index (χ3n) is 2.60. The molecule has 0 fully saturated rings. The zero-order chi connectivity index (χ0) is 15.1. The van der Waals surface area contributed by atoms with Gasteiger partial charge in [0.15, 0.2) is 11.4 Å². The first kappa shape index (κ1) is 14.9. The van der Waals surface area contributed by atoms with Crippen molar-refractivity contribution in [3.8, 4) is 11.9 Å². The van der Waals surface area contributed by atoms with E-state index in [0.29, 0.717) is 23.2 Å².